The number of carbonyl (C=O) groups is 1. The fraction of sp³-hybridized carbons (Fsp3) is 0.269. The summed E-state index contributed by atoms with van der Waals surface area (Å²) in [7, 11) is 1.40. The molecule has 0 amide bonds. The summed E-state index contributed by atoms with van der Waals surface area (Å²) in [6.07, 6.45) is 1.28. The summed E-state index contributed by atoms with van der Waals surface area (Å²) in [6.45, 7) is 1.24. The highest BCUT2D eigenvalue weighted by Gasteiger charge is 2.16. The Balaban J connectivity index is 1.33. The number of ether oxygens (including phenoxy) is 3. The lowest BCUT2D eigenvalue weighted by Gasteiger charge is -2.11. The van der Waals surface area contributed by atoms with Gasteiger partial charge in [-0.15, -0.1) is 0 Å². The molecule has 0 fully saturated rings. The Morgan fingerprint density at radius 1 is 0.774 bits per heavy atom. The molecule has 5 nitrogen and oxygen atoms in total. The van der Waals surface area contributed by atoms with E-state index < -0.39 is 12.1 Å². The second kappa shape index (κ2) is 11.8. The Hall–Kier alpha value is -3.31. The van der Waals surface area contributed by atoms with Crippen molar-refractivity contribution in [3.63, 3.8) is 0 Å². The minimum absolute atomic E-state index is 0.329. The third-order valence-electron chi connectivity index (χ3n) is 4.94. The summed E-state index contributed by atoms with van der Waals surface area (Å²) in [5.74, 6) is 0.676. The van der Waals surface area contributed by atoms with Crippen molar-refractivity contribution >= 4 is 5.97 Å². The van der Waals surface area contributed by atoms with Gasteiger partial charge in [-0.3, -0.25) is 0 Å². The molecule has 3 aromatic rings. The van der Waals surface area contributed by atoms with Crippen LogP contribution < -0.4 is 9.47 Å². The molecular formula is C26H28O5. The molecule has 31 heavy (non-hydrogen) atoms. The van der Waals surface area contributed by atoms with Crippen LogP contribution in [0, 0.1) is 0 Å². The molecule has 0 aliphatic carbocycles. The molecule has 0 aliphatic rings. The van der Waals surface area contributed by atoms with Crippen LogP contribution in [0.25, 0.3) is 11.1 Å². The first-order valence-corrected chi connectivity index (χ1v) is 10.4. The van der Waals surface area contributed by atoms with Gasteiger partial charge in [0.25, 0.3) is 0 Å². The lowest BCUT2D eigenvalue weighted by atomic mass is 10.1. The molecule has 3 rings (SSSR count). The Kier molecular flexibility index (Phi) is 8.49. The number of rotatable bonds is 12. The maximum Gasteiger partial charge on any atom is 0.333 e. The maximum absolute atomic E-state index is 11.0. The number of methoxy groups -OCH3 is 1. The second-order valence-corrected chi connectivity index (χ2v) is 7.21. The highest BCUT2D eigenvalue weighted by atomic mass is 16.5. The number of carboxylic acid groups (broad SMARTS) is 1. The molecule has 1 atom stereocenters. The highest BCUT2D eigenvalue weighted by molar-refractivity contribution is 5.72. The minimum Gasteiger partial charge on any atom is -0.494 e. The van der Waals surface area contributed by atoms with E-state index in [-0.39, 0.29) is 0 Å². The second-order valence-electron chi connectivity index (χ2n) is 7.21. The van der Waals surface area contributed by atoms with Gasteiger partial charge in [0.15, 0.2) is 6.10 Å². The zero-order valence-electron chi connectivity index (χ0n) is 17.7. The molecule has 0 heterocycles. The first-order valence-electron chi connectivity index (χ1n) is 10.4. The quantitative estimate of drug-likeness (QED) is 0.406. The van der Waals surface area contributed by atoms with Gasteiger partial charge in [-0.25, -0.2) is 4.79 Å². The molecular weight excluding hydrogens is 392 g/mol. The summed E-state index contributed by atoms with van der Waals surface area (Å²) in [4.78, 5) is 11.0. The standard InChI is InChI=1S/C26H28O5/c1-29-25(26(27)28)19-20-9-13-23(14-10-20)30-17-5-6-18-31-24-15-11-22(12-16-24)21-7-3-2-4-8-21/h2-4,7-16,25H,5-6,17-19H2,1H3,(H,27,28). The summed E-state index contributed by atoms with van der Waals surface area (Å²) in [5.41, 5.74) is 3.26. The Morgan fingerprint density at radius 3 is 1.81 bits per heavy atom. The summed E-state index contributed by atoms with van der Waals surface area (Å²) in [5, 5.41) is 9.05. The van der Waals surface area contributed by atoms with Gasteiger partial charge in [0.2, 0.25) is 0 Å². The third kappa shape index (κ3) is 7.15. The van der Waals surface area contributed by atoms with Crippen LogP contribution in [0.3, 0.4) is 0 Å². The first kappa shape index (κ1) is 22.4. The molecule has 0 saturated heterocycles. The molecule has 0 aromatic heterocycles. The zero-order valence-corrected chi connectivity index (χ0v) is 17.7. The highest BCUT2D eigenvalue weighted by Crippen LogP contribution is 2.22. The van der Waals surface area contributed by atoms with Gasteiger partial charge < -0.3 is 19.3 Å². The normalized spacial score (nSPS) is 11.6. The third-order valence-corrected chi connectivity index (χ3v) is 4.94. The SMILES string of the molecule is COC(Cc1ccc(OCCCCOc2ccc(-c3ccccc3)cc2)cc1)C(=O)O. The van der Waals surface area contributed by atoms with Crippen LogP contribution in [0.2, 0.25) is 0 Å². The van der Waals surface area contributed by atoms with E-state index in [0.29, 0.717) is 19.6 Å². The van der Waals surface area contributed by atoms with Crippen molar-refractivity contribution in [2.75, 3.05) is 20.3 Å². The number of hydrogen-bond acceptors (Lipinski definition) is 4. The monoisotopic (exact) mass is 420 g/mol. The number of hydrogen-bond donors (Lipinski definition) is 1. The average Bonchev–Trinajstić information content (AvgIpc) is 2.81. The molecule has 162 valence electrons. The topological polar surface area (TPSA) is 65.0 Å². The maximum atomic E-state index is 11.0. The molecule has 1 N–H and O–H groups in total. The molecule has 5 heteroatoms. The van der Waals surface area contributed by atoms with Crippen LogP contribution >= 0.6 is 0 Å². The predicted molar refractivity (Wildman–Crippen MR) is 121 cm³/mol. The fourth-order valence-corrected chi connectivity index (χ4v) is 3.17. The Bertz CT molecular complexity index is 920. The molecule has 0 bridgehead atoms. The van der Waals surface area contributed by atoms with E-state index in [1.165, 1.54) is 18.2 Å². The summed E-state index contributed by atoms with van der Waals surface area (Å²) in [6, 6.07) is 25.9. The number of unbranched alkanes of at least 4 members (excludes halogenated alkanes) is 1. The van der Waals surface area contributed by atoms with E-state index >= 15 is 0 Å². The van der Waals surface area contributed by atoms with Gasteiger partial charge in [0, 0.05) is 13.5 Å². The molecule has 0 radical (unpaired) electrons. The van der Waals surface area contributed by atoms with Gasteiger partial charge in [-0.05, 0) is 53.8 Å². The number of benzene rings is 3. The largest absolute Gasteiger partial charge is 0.494 e. The minimum atomic E-state index is -0.961. The van der Waals surface area contributed by atoms with Crippen LogP contribution in [-0.2, 0) is 16.0 Å². The molecule has 1 unspecified atom stereocenters. The van der Waals surface area contributed by atoms with Gasteiger partial charge in [-0.1, -0.05) is 54.6 Å². The van der Waals surface area contributed by atoms with E-state index in [9.17, 15) is 4.79 Å². The van der Waals surface area contributed by atoms with Gasteiger partial charge in [0.05, 0.1) is 13.2 Å². The average molecular weight is 421 g/mol. The van der Waals surface area contributed by atoms with Crippen molar-refractivity contribution in [2.24, 2.45) is 0 Å². The van der Waals surface area contributed by atoms with Crippen molar-refractivity contribution in [1.82, 2.24) is 0 Å². The van der Waals surface area contributed by atoms with Gasteiger partial charge in [-0.2, -0.15) is 0 Å². The van der Waals surface area contributed by atoms with E-state index in [0.717, 1.165) is 29.9 Å². The van der Waals surface area contributed by atoms with Crippen molar-refractivity contribution < 1.29 is 24.1 Å². The van der Waals surface area contributed by atoms with Crippen LogP contribution in [0.5, 0.6) is 11.5 Å². The van der Waals surface area contributed by atoms with Crippen LogP contribution in [0.15, 0.2) is 78.9 Å². The van der Waals surface area contributed by atoms with Crippen LogP contribution in [0.4, 0.5) is 0 Å². The van der Waals surface area contributed by atoms with Gasteiger partial charge in [0.1, 0.15) is 11.5 Å². The lowest BCUT2D eigenvalue weighted by Crippen LogP contribution is -2.24. The van der Waals surface area contributed by atoms with Crippen molar-refractivity contribution in [1.29, 1.82) is 0 Å². The van der Waals surface area contributed by atoms with Gasteiger partial charge >= 0.3 is 5.97 Å². The van der Waals surface area contributed by atoms with Crippen LogP contribution in [-0.4, -0.2) is 37.5 Å². The summed E-state index contributed by atoms with van der Waals surface area (Å²) < 4.78 is 16.5. The number of aliphatic carboxylic acids is 1. The predicted octanol–water partition coefficient (Wildman–Crippen LogP) is 5.23. The Morgan fingerprint density at radius 2 is 1.29 bits per heavy atom. The van der Waals surface area contributed by atoms with E-state index in [1.807, 2.05) is 54.6 Å². The lowest BCUT2D eigenvalue weighted by molar-refractivity contribution is -0.148. The zero-order chi connectivity index (χ0) is 21.9. The molecule has 3 aromatic carbocycles. The van der Waals surface area contributed by atoms with Crippen molar-refractivity contribution in [3.8, 4) is 22.6 Å². The van der Waals surface area contributed by atoms with Crippen molar-refractivity contribution in [3.05, 3.63) is 84.4 Å². The van der Waals surface area contributed by atoms with Crippen molar-refractivity contribution in [2.45, 2.75) is 25.4 Å². The van der Waals surface area contributed by atoms with E-state index in [1.54, 1.807) is 0 Å². The first-order chi connectivity index (χ1) is 15.2. The fourth-order valence-electron chi connectivity index (χ4n) is 3.17. The molecule has 0 saturated carbocycles. The van der Waals surface area contributed by atoms with Crippen LogP contribution in [0.1, 0.15) is 18.4 Å². The van der Waals surface area contributed by atoms with E-state index in [2.05, 4.69) is 24.3 Å². The number of carboxylic acids is 1. The summed E-state index contributed by atoms with van der Waals surface area (Å²) >= 11 is 0. The Labute approximate surface area is 183 Å². The molecule has 0 aliphatic heterocycles. The smallest absolute Gasteiger partial charge is 0.333 e. The molecule has 0 spiro atoms. The van der Waals surface area contributed by atoms with E-state index in [4.69, 9.17) is 19.3 Å².